The molecule has 1 saturated heterocycles. The maximum atomic E-state index is 14.8. The fraction of sp³-hybridized carbons (Fsp3) is 0.333. The van der Waals surface area contributed by atoms with Gasteiger partial charge in [0.05, 0.1) is 30.0 Å². The van der Waals surface area contributed by atoms with E-state index >= 15 is 0 Å². The number of fused-ring (bicyclic) bond motifs is 2. The molecule has 8 rings (SSSR count). The molecule has 1 fully saturated rings. The number of para-hydroxylation sites is 1. The number of likely N-dealkylation sites (tertiary alicyclic amines) is 1. The number of hydrogen-bond donors (Lipinski definition) is 3. The number of nitrogens with one attached hydrogen (secondary N) is 1. The molecule has 0 aliphatic carbocycles. The molecular formula is C39H41F2N9O3S. The molecule has 2 aliphatic heterocycles. The van der Waals surface area contributed by atoms with E-state index in [-0.39, 0.29) is 29.9 Å². The van der Waals surface area contributed by atoms with Crippen LogP contribution in [0.1, 0.15) is 36.1 Å². The quantitative estimate of drug-likeness (QED) is 0.150. The van der Waals surface area contributed by atoms with E-state index in [2.05, 4.69) is 42.3 Å². The number of nitrogen functional groups attached to an aromatic ring is 1. The van der Waals surface area contributed by atoms with Crippen LogP contribution in [0.25, 0.3) is 16.0 Å². The molecule has 3 aromatic heterocycles. The Morgan fingerprint density at radius 1 is 1.02 bits per heavy atom. The minimum absolute atomic E-state index is 0.00661. The van der Waals surface area contributed by atoms with E-state index in [0.717, 1.165) is 66.6 Å². The molecule has 280 valence electrons. The van der Waals surface area contributed by atoms with Crippen molar-refractivity contribution in [1.29, 1.82) is 0 Å². The maximum Gasteiger partial charge on any atom is 0.298 e. The molecule has 1 atom stereocenters. The summed E-state index contributed by atoms with van der Waals surface area (Å²) in [5.41, 5.74) is 7.61. The highest BCUT2D eigenvalue weighted by Crippen LogP contribution is 2.39. The Labute approximate surface area is 314 Å². The lowest BCUT2D eigenvalue weighted by atomic mass is 9.88. The molecule has 15 heteroatoms. The van der Waals surface area contributed by atoms with Gasteiger partial charge in [-0.15, -0.1) is 11.3 Å². The van der Waals surface area contributed by atoms with E-state index in [4.69, 9.17) is 10.5 Å². The van der Waals surface area contributed by atoms with E-state index in [1.165, 1.54) is 34.7 Å². The summed E-state index contributed by atoms with van der Waals surface area (Å²) in [7, 11) is 0. The molecule has 0 amide bonds. The zero-order valence-electron chi connectivity index (χ0n) is 29.6. The van der Waals surface area contributed by atoms with Crippen molar-refractivity contribution in [3.8, 4) is 11.4 Å². The van der Waals surface area contributed by atoms with E-state index in [9.17, 15) is 18.7 Å². The van der Waals surface area contributed by atoms with E-state index in [1.807, 2.05) is 42.5 Å². The predicted molar refractivity (Wildman–Crippen MR) is 204 cm³/mol. The number of benzene rings is 3. The lowest BCUT2D eigenvalue weighted by Crippen LogP contribution is -2.43. The Morgan fingerprint density at radius 3 is 2.63 bits per heavy atom. The van der Waals surface area contributed by atoms with Gasteiger partial charge < -0.3 is 30.7 Å². The molecule has 1 unspecified atom stereocenters. The molecule has 0 bridgehead atoms. The number of nitrogens with zero attached hydrogens (tertiary/aromatic N) is 7. The zero-order chi connectivity index (χ0) is 37.2. The van der Waals surface area contributed by atoms with Crippen molar-refractivity contribution in [1.82, 2.24) is 34.5 Å². The summed E-state index contributed by atoms with van der Waals surface area (Å²) in [6.07, 6.45) is 5.59. The number of rotatable bonds is 12. The molecule has 0 spiro atoms. The highest BCUT2D eigenvalue weighted by Gasteiger charge is 2.33. The fourth-order valence-corrected chi connectivity index (χ4v) is 8.53. The fourth-order valence-electron chi connectivity index (χ4n) is 7.56. The van der Waals surface area contributed by atoms with E-state index < -0.39 is 17.2 Å². The van der Waals surface area contributed by atoms with Gasteiger partial charge in [-0.3, -0.25) is 9.36 Å². The Kier molecular flexibility index (Phi) is 10.1. The maximum absolute atomic E-state index is 14.8. The summed E-state index contributed by atoms with van der Waals surface area (Å²) in [6.45, 7) is 4.35. The van der Waals surface area contributed by atoms with Crippen molar-refractivity contribution in [2.75, 3.05) is 43.4 Å². The largest absolute Gasteiger partial charge is 0.490 e. The number of thiophene rings is 1. The van der Waals surface area contributed by atoms with Gasteiger partial charge in [-0.2, -0.15) is 5.10 Å². The summed E-state index contributed by atoms with van der Waals surface area (Å²) >= 11 is 1.52. The molecule has 4 N–H and O–H groups in total. The lowest BCUT2D eigenvalue weighted by molar-refractivity contribution is -0.00168. The Morgan fingerprint density at radius 2 is 1.85 bits per heavy atom. The van der Waals surface area contributed by atoms with E-state index in [0.29, 0.717) is 48.2 Å². The number of halogens is 2. The number of nitrogens with two attached hydrogens (primary N) is 1. The Hall–Kier alpha value is -5.22. The third-order valence-electron chi connectivity index (χ3n) is 10.3. The number of ether oxygens (including phenoxy) is 1. The number of anilines is 3. The van der Waals surface area contributed by atoms with Crippen molar-refractivity contribution in [2.45, 2.75) is 50.4 Å². The number of hydrogen-bond acceptors (Lipinski definition) is 11. The second kappa shape index (κ2) is 15.3. The molecule has 3 aromatic carbocycles. The first-order chi connectivity index (χ1) is 26.2. The smallest absolute Gasteiger partial charge is 0.298 e. The minimum Gasteiger partial charge on any atom is -0.490 e. The third-order valence-corrected chi connectivity index (χ3v) is 11.3. The molecule has 5 heterocycles. The van der Waals surface area contributed by atoms with Crippen LogP contribution in [-0.4, -0.2) is 73.1 Å². The van der Waals surface area contributed by atoms with Crippen LogP contribution >= 0.6 is 11.3 Å². The third kappa shape index (κ3) is 7.44. The predicted octanol–water partition coefficient (Wildman–Crippen LogP) is 5.35. The van der Waals surface area contributed by atoms with Gasteiger partial charge >= 0.3 is 0 Å². The molecule has 12 nitrogen and oxygen atoms in total. The van der Waals surface area contributed by atoms with Gasteiger partial charge in [0, 0.05) is 34.8 Å². The number of piperidine rings is 1. The Balaban J connectivity index is 0.905. The SMILES string of the molecule is Nc1nc2sc(CNC3CCN(CCCC(O)(Cn4cncn4)c4ccc(F)cc4F)CC3)cc2n(-c2ccc3c(c2)N(c2ccccc2)CCO3)c1=O. The van der Waals surface area contributed by atoms with E-state index in [1.54, 1.807) is 4.57 Å². The van der Waals surface area contributed by atoms with Crippen LogP contribution in [0.2, 0.25) is 0 Å². The van der Waals surface area contributed by atoms with Crippen LogP contribution in [0.3, 0.4) is 0 Å². The highest BCUT2D eigenvalue weighted by molar-refractivity contribution is 7.18. The molecule has 2 aliphatic rings. The molecule has 54 heavy (non-hydrogen) atoms. The van der Waals surface area contributed by atoms with Crippen molar-refractivity contribution < 1.29 is 18.6 Å². The summed E-state index contributed by atoms with van der Waals surface area (Å²) in [5.74, 6) is -0.771. The average molecular weight is 754 g/mol. The van der Waals surface area contributed by atoms with Gasteiger partial charge in [-0.25, -0.2) is 23.4 Å². The van der Waals surface area contributed by atoms with Gasteiger partial charge in [0.25, 0.3) is 5.56 Å². The Bertz CT molecular complexity index is 2290. The van der Waals surface area contributed by atoms with Crippen LogP contribution in [0.15, 0.2) is 90.2 Å². The van der Waals surface area contributed by atoms with Crippen molar-refractivity contribution >= 4 is 38.9 Å². The summed E-state index contributed by atoms with van der Waals surface area (Å²) in [6, 6.07) is 21.5. The van der Waals surface area contributed by atoms with Crippen LogP contribution < -0.4 is 26.2 Å². The molecule has 0 saturated carbocycles. The molecule has 0 radical (unpaired) electrons. The standard InChI is InChI=1S/C39H41F2N9O3S/c40-26-7-9-31(32(41)19-26)39(52,23-48-25-43-24-45-48)13-4-14-47-15-11-27(12-16-47)44-22-30-21-34-37(54-30)46-36(42)38(51)50(34)29-8-10-35-33(20-29)49(17-18-53-35)28-5-2-1-3-6-28/h1-3,5-10,19-21,24-25,27,44,52H,4,11-18,22-23H2,(H2,42,46). The topological polar surface area (TPSA) is 140 Å². The van der Waals surface area contributed by atoms with Gasteiger partial charge in [0.2, 0.25) is 0 Å². The van der Waals surface area contributed by atoms with Crippen molar-refractivity contribution in [3.05, 3.63) is 118 Å². The normalized spacial score (nSPS) is 16.3. The summed E-state index contributed by atoms with van der Waals surface area (Å²) in [5, 5.41) is 19.4. The molecular weight excluding hydrogens is 713 g/mol. The van der Waals surface area contributed by atoms with Gasteiger partial charge in [-0.05, 0) is 87.8 Å². The first-order valence-corrected chi connectivity index (χ1v) is 18.9. The monoisotopic (exact) mass is 753 g/mol. The summed E-state index contributed by atoms with van der Waals surface area (Å²) < 4.78 is 37.6. The number of aromatic nitrogens is 5. The van der Waals surface area contributed by atoms with Gasteiger partial charge in [0.15, 0.2) is 5.82 Å². The van der Waals surface area contributed by atoms with Crippen LogP contribution in [0.4, 0.5) is 26.0 Å². The second-order valence-corrected chi connectivity index (χ2v) is 15.0. The molecule has 6 aromatic rings. The van der Waals surface area contributed by atoms with Gasteiger partial charge in [0.1, 0.15) is 47.1 Å². The van der Waals surface area contributed by atoms with Crippen LogP contribution in [0.5, 0.6) is 5.75 Å². The lowest BCUT2D eigenvalue weighted by Gasteiger charge is -2.34. The second-order valence-electron chi connectivity index (χ2n) is 13.9. The zero-order valence-corrected chi connectivity index (χ0v) is 30.4. The highest BCUT2D eigenvalue weighted by atomic mass is 32.1. The average Bonchev–Trinajstić information content (AvgIpc) is 3.84. The van der Waals surface area contributed by atoms with Crippen LogP contribution in [-0.2, 0) is 18.7 Å². The van der Waals surface area contributed by atoms with Crippen molar-refractivity contribution in [2.24, 2.45) is 0 Å². The first-order valence-electron chi connectivity index (χ1n) is 18.1. The number of aliphatic hydroxyl groups is 1. The van der Waals surface area contributed by atoms with Crippen molar-refractivity contribution in [3.63, 3.8) is 0 Å². The summed E-state index contributed by atoms with van der Waals surface area (Å²) in [4.78, 5) is 28.2. The van der Waals surface area contributed by atoms with Gasteiger partial charge in [-0.1, -0.05) is 24.3 Å². The first kappa shape index (κ1) is 35.8. The van der Waals surface area contributed by atoms with Crippen LogP contribution in [0, 0.1) is 11.6 Å². The minimum atomic E-state index is -1.57.